The molecule has 2 N–H and O–H groups in total. The topological polar surface area (TPSA) is 101 Å². The first-order valence-corrected chi connectivity index (χ1v) is 9.88. The maximum atomic E-state index is 12.7. The van der Waals surface area contributed by atoms with Gasteiger partial charge in [-0.25, -0.2) is 0 Å². The lowest BCUT2D eigenvalue weighted by Crippen LogP contribution is -2.40. The third kappa shape index (κ3) is 4.31. The summed E-state index contributed by atoms with van der Waals surface area (Å²) in [5, 5.41) is 9.74. The van der Waals surface area contributed by atoms with E-state index in [0.29, 0.717) is 33.3 Å². The Balaban J connectivity index is 1.74. The molecule has 1 atom stereocenters. The van der Waals surface area contributed by atoms with Crippen molar-refractivity contribution >= 4 is 40.9 Å². The number of rotatable bonds is 5. The van der Waals surface area contributed by atoms with E-state index >= 15 is 0 Å². The molecule has 1 aromatic heterocycles. The number of carbonyl (C=O) groups is 3. The van der Waals surface area contributed by atoms with Crippen LogP contribution in [0, 0.1) is 6.92 Å². The number of halogens is 2. The molecule has 29 heavy (non-hydrogen) atoms. The fraction of sp³-hybridized carbons (Fsp3) is 0.400. The number of carbonyl (C=O) groups excluding carboxylic acids is 3. The van der Waals surface area contributed by atoms with Crippen LogP contribution in [0.5, 0.6) is 0 Å². The second-order valence-corrected chi connectivity index (χ2v) is 8.45. The van der Waals surface area contributed by atoms with Crippen molar-refractivity contribution < 1.29 is 18.9 Å². The number of hydrogen-bond acceptors (Lipinski definition) is 5. The van der Waals surface area contributed by atoms with E-state index in [2.05, 4.69) is 15.8 Å². The molecule has 1 unspecified atom stereocenters. The third-order valence-electron chi connectivity index (χ3n) is 5.09. The molecule has 3 amide bonds. The van der Waals surface area contributed by atoms with Gasteiger partial charge in [-0.05, 0) is 44.9 Å². The molecular formula is C20H21Cl2N3O4. The summed E-state index contributed by atoms with van der Waals surface area (Å²) in [5.74, 6) is -1.51. The maximum Gasteiger partial charge on any atom is 0.234 e. The highest BCUT2D eigenvalue weighted by Crippen LogP contribution is 2.37. The van der Waals surface area contributed by atoms with Crippen molar-refractivity contribution in [2.45, 2.75) is 51.5 Å². The van der Waals surface area contributed by atoms with E-state index in [1.165, 1.54) is 6.26 Å². The van der Waals surface area contributed by atoms with E-state index in [0.717, 1.165) is 5.56 Å². The highest BCUT2D eigenvalue weighted by molar-refractivity contribution is 6.36. The summed E-state index contributed by atoms with van der Waals surface area (Å²) in [4.78, 5) is 36.2. The average molecular weight is 438 g/mol. The van der Waals surface area contributed by atoms with Gasteiger partial charge in [-0.2, -0.15) is 0 Å². The second kappa shape index (κ2) is 8.16. The molecule has 9 heteroatoms. The number of aryl methyl sites for hydroxylation is 1. The average Bonchev–Trinajstić information content (AvgIpc) is 3.07. The molecule has 0 saturated carbocycles. The first-order valence-electron chi connectivity index (χ1n) is 9.12. The summed E-state index contributed by atoms with van der Waals surface area (Å²) in [5.41, 5.74) is 1.67. The van der Waals surface area contributed by atoms with Gasteiger partial charge in [-0.3, -0.25) is 19.7 Å². The van der Waals surface area contributed by atoms with E-state index in [-0.39, 0.29) is 24.8 Å². The van der Waals surface area contributed by atoms with Gasteiger partial charge in [0.05, 0.1) is 11.3 Å². The van der Waals surface area contributed by atoms with Crippen LogP contribution in [0.15, 0.2) is 22.9 Å². The van der Waals surface area contributed by atoms with Crippen LogP contribution in [0.25, 0.3) is 0 Å². The quantitative estimate of drug-likeness (QED) is 0.697. The first kappa shape index (κ1) is 21.3. The number of benzene rings is 1. The van der Waals surface area contributed by atoms with Crippen molar-refractivity contribution in [1.82, 2.24) is 15.8 Å². The number of hydrogen-bond donors (Lipinski definition) is 2. The van der Waals surface area contributed by atoms with E-state index in [9.17, 15) is 14.4 Å². The highest BCUT2D eigenvalue weighted by atomic mass is 35.5. The van der Waals surface area contributed by atoms with Crippen LogP contribution in [0.2, 0.25) is 10.0 Å². The summed E-state index contributed by atoms with van der Waals surface area (Å²) in [6.45, 7) is 5.56. The van der Waals surface area contributed by atoms with Gasteiger partial charge in [-0.1, -0.05) is 28.4 Å². The summed E-state index contributed by atoms with van der Waals surface area (Å²) >= 11 is 12.8. The highest BCUT2D eigenvalue weighted by Gasteiger charge is 2.34. The number of nitrogens with zero attached hydrogens (tertiary/aromatic N) is 1. The van der Waals surface area contributed by atoms with Crippen LogP contribution in [-0.4, -0.2) is 22.9 Å². The first-order chi connectivity index (χ1) is 13.6. The summed E-state index contributed by atoms with van der Waals surface area (Å²) in [7, 11) is 0. The largest absolute Gasteiger partial charge is 0.364 e. The zero-order valence-corrected chi connectivity index (χ0v) is 17.8. The number of aromatic nitrogens is 1. The minimum Gasteiger partial charge on any atom is -0.364 e. The Morgan fingerprint density at radius 1 is 1.31 bits per heavy atom. The van der Waals surface area contributed by atoms with Gasteiger partial charge in [0.2, 0.25) is 17.7 Å². The van der Waals surface area contributed by atoms with Crippen LogP contribution < -0.4 is 10.6 Å². The Morgan fingerprint density at radius 2 is 1.97 bits per heavy atom. The molecule has 1 aliphatic rings. The van der Waals surface area contributed by atoms with Crippen LogP contribution >= 0.6 is 23.2 Å². The van der Waals surface area contributed by atoms with Crippen molar-refractivity contribution in [2.75, 3.05) is 0 Å². The minimum atomic E-state index is -0.878. The van der Waals surface area contributed by atoms with E-state index in [1.54, 1.807) is 26.0 Å². The van der Waals surface area contributed by atoms with Gasteiger partial charge < -0.3 is 9.84 Å². The Hall–Kier alpha value is -2.38. The van der Waals surface area contributed by atoms with Gasteiger partial charge >= 0.3 is 0 Å². The van der Waals surface area contributed by atoms with Crippen LogP contribution in [0.4, 0.5) is 0 Å². The molecule has 2 aromatic rings. The fourth-order valence-electron chi connectivity index (χ4n) is 3.44. The van der Waals surface area contributed by atoms with Gasteiger partial charge in [0.25, 0.3) is 0 Å². The zero-order valence-electron chi connectivity index (χ0n) is 16.3. The molecule has 0 bridgehead atoms. The maximum absolute atomic E-state index is 12.7. The molecule has 154 valence electrons. The van der Waals surface area contributed by atoms with E-state index in [1.807, 2.05) is 6.92 Å². The monoisotopic (exact) mass is 437 g/mol. The molecule has 3 rings (SSSR count). The zero-order chi connectivity index (χ0) is 21.3. The summed E-state index contributed by atoms with van der Waals surface area (Å²) in [6, 6.07) is 3.34. The number of nitrogens with one attached hydrogen (secondary N) is 2. The Bertz CT molecular complexity index is 961. The molecule has 0 radical (unpaired) electrons. The van der Waals surface area contributed by atoms with Crippen molar-refractivity contribution in [3.8, 4) is 0 Å². The van der Waals surface area contributed by atoms with Gasteiger partial charge in [0, 0.05) is 34.1 Å². The standard InChI is InChI=1S/C20H21Cl2N3O4/c1-10-9-29-25-17(10)20(2,3)19(28)23-8-11-6-13(21)16(14(22)7-11)12-4-5-15(26)24-18(12)27/h6-7,9,12H,4-5,8H2,1-3H3,(H,23,28)(H,24,26,27). The minimum absolute atomic E-state index is 0.203. The molecule has 0 spiro atoms. The number of imide groups is 1. The van der Waals surface area contributed by atoms with Crippen LogP contribution in [0.1, 0.15) is 55.0 Å². The molecule has 1 saturated heterocycles. The van der Waals surface area contributed by atoms with Gasteiger partial charge in [0.15, 0.2) is 0 Å². The molecular weight excluding hydrogens is 417 g/mol. The van der Waals surface area contributed by atoms with Crippen LogP contribution in [-0.2, 0) is 26.3 Å². The lowest BCUT2D eigenvalue weighted by atomic mass is 9.86. The predicted octanol–water partition coefficient (Wildman–Crippen LogP) is 3.40. The van der Waals surface area contributed by atoms with Crippen molar-refractivity contribution in [3.05, 3.63) is 50.8 Å². The normalized spacial score (nSPS) is 17.2. The Kier molecular flexibility index (Phi) is 6.00. The smallest absolute Gasteiger partial charge is 0.234 e. The fourth-order valence-corrected chi connectivity index (χ4v) is 4.24. The molecule has 1 aromatic carbocycles. The van der Waals surface area contributed by atoms with Crippen LogP contribution in [0.3, 0.4) is 0 Å². The van der Waals surface area contributed by atoms with Crippen molar-refractivity contribution in [1.29, 1.82) is 0 Å². The molecule has 7 nitrogen and oxygen atoms in total. The van der Waals surface area contributed by atoms with Crippen molar-refractivity contribution in [2.24, 2.45) is 0 Å². The van der Waals surface area contributed by atoms with E-state index < -0.39 is 17.2 Å². The number of piperidine rings is 1. The summed E-state index contributed by atoms with van der Waals surface area (Å²) < 4.78 is 4.94. The van der Waals surface area contributed by atoms with Gasteiger partial charge in [0.1, 0.15) is 12.0 Å². The lowest BCUT2D eigenvalue weighted by molar-refractivity contribution is -0.134. The van der Waals surface area contributed by atoms with E-state index in [4.69, 9.17) is 27.7 Å². The van der Waals surface area contributed by atoms with Gasteiger partial charge in [-0.15, -0.1) is 0 Å². The number of amides is 3. The SMILES string of the molecule is Cc1conc1C(C)(C)C(=O)NCc1cc(Cl)c(C2CCC(=O)NC2=O)c(Cl)c1. The Labute approximate surface area is 178 Å². The second-order valence-electron chi connectivity index (χ2n) is 7.63. The molecule has 2 heterocycles. The lowest BCUT2D eigenvalue weighted by Gasteiger charge is -2.24. The summed E-state index contributed by atoms with van der Waals surface area (Å²) in [6.07, 6.45) is 2.08. The predicted molar refractivity (Wildman–Crippen MR) is 108 cm³/mol. The Morgan fingerprint density at radius 3 is 2.52 bits per heavy atom. The molecule has 0 aliphatic carbocycles. The third-order valence-corrected chi connectivity index (χ3v) is 5.71. The van der Waals surface area contributed by atoms with Crippen molar-refractivity contribution in [3.63, 3.8) is 0 Å². The molecule has 1 fully saturated rings. The molecule has 1 aliphatic heterocycles.